The number of rotatable bonds is 5. The molecule has 4 rings (SSSR count). The van der Waals surface area contributed by atoms with Crippen LogP contribution in [0.1, 0.15) is 12.5 Å². The minimum atomic E-state index is -0.577. The number of ether oxygens (including phenoxy) is 1. The largest absolute Gasteiger partial charge is 0.418 e. The van der Waals surface area contributed by atoms with Crippen LogP contribution in [0.4, 0.5) is 10.6 Å². The van der Waals surface area contributed by atoms with Gasteiger partial charge in [-0.3, -0.25) is 10.00 Å². The maximum Gasteiger partial charge on any atom is 0.418 e. The van der Waals surface area contributed by atoms with Crippen molar-refractivity contribution < 1.29 is 9.53 Å². The highest BCUT2D eigenvalue weighted by Gasteiger charge is 2.20. The molecular weight excluding hydrogens is 366 g/mol. The van der Waals surface area contributed by atoms with Crippen LogP contribution in [0.2, 0.25) is 0 Å². The summed E-state index contributed by atoms with van der Waals surface area (Å²) in [5, 5.41) is 11.9. The number of aryl methyl sites for hydroxylation is 1. The third-order valence-corrected chi connectivity index (χ3v) is 4.53. The molecule has 0 saturated carbocycles. The summed E-state index contributed by atoms with van der Waals surface area (Å²) in [5.41, 5.74) is 3.30. The van der Waals surface area contributed by atoms with Crippen LogP contribution < -0.4 is 10.1 Å². The lowest BCUT2D eigenvalue weighted by molar-refractivity contribution is 0.215. The summed E-state index contributed by atoms with van der Waals surface area (Å²) in [6.45, 7) is 4.72. The Hall–Kier alpha value is -3.87. The molecule has 0 atom stereocenters. The zero-order valence-electron chi connectivity index (χ0n) is 16.2. The van der Waals surface area contributed by atoms with Crippen molar-refractivity contribution in [2.24, 2.45) is 0 Å². The van der Waals surface area contributed by atoms with Gasteiger partial charge in [0.15, 0.2) is 0 Å². The average Bonchev–Trinajstić information content (AvgIpc) is 3.34. The van der Waals surface area contributed by atoms with E-state index < -0.39 is 6.09 Å². The molecule has 1 N–H and O–H groups in total. The Morgan fingerprint density at radius 3 is 2.41 bits per heavy atom. The third kappa shape index (κ3) is 3.89. The van der Waals surface area contributed by atoms with Crippen molar-refractivity contribution in [3.8, 4) is 22.7 Å². The van der Waals surface area contributed by atoms with Gasteiger partial charge in [0.05, 0.1) is 11.9 Å². The van der Waals surface area contributed by atoms with E-state index in [9.17, 15) is 4.79 Å². The van der Waals surface area contributed by atoms with Gasteiger partial charge in [-0.15, -0.1) is 0 Å². The van der Waals surface area contributed by atoms with Gasteiger partial charge < -0.3 is 4.74 Å². The van der Waals surface area contributed by atoms with E-state index in [0.717, 1.165) is 29.1 Å². The summed E-state index contributed by atoms with van der Waals surface area (Å²) in [4.78, 5) is 12.5. The van der Waals surface area contributed by atoms with Crippen molar-refractivity contribution >= 4 is 11.9 Å². The van der Waals surface area contributed by atoms with Gasteiger partial charge in [-0.05, 0) is 38.1 Å². The Morgan fingerprint density at radius 2 is 1.76 bits per heavy atom. The van der Waals surface area contributed by atoms with E-state index in [1.807, 2.05) is 73.3 Å². The van der Waals surface area contributed by atoms with Gasteiger partial charge in [-0.2, -0.15) is 10.2 Å². The number of para-hydroxylation sites is 2. The molecule has 2 heterocycles. The van der Waals surface area contributed by atoms with Crippen LogP contribution in [-0.2, 0) is 6.54 Å². The van der Waals surface area contributed by atoms with Gasteiger partial charge in [-0.1, -0.05) is 36.4 Å². The van der Waals surface area contributed by atoms with Crippen LogP contribution in [0.15, 0.2) is 73.1 Å². The molecule has 4 aromatic rings. The van der Waals surface area contributed by atoms with Crippen LogP contribution in [0.3, 0.4) is 0 Å². The topological polar surface area (TPSA) is 74.0 Å². The van der Waals surface area contributed by atoms with Crippen LogP contribution in [0.25, 0.3) is 16.9 Å². The van der Waals surface area contributed by atoms with Crippen molar-refractivity contribution in [2.75, 3.05) is 5.32 Å². The molecule has 0 radical (unpaired) electrons. The molecule has 0 bridgehead atoms. The lowest BCUT2D eigenvalue weighted by atomic mass is 10.1. The van der Waals surface area contributed by atoms with Crippen LogP contribution in [-0.4, -0.2) is 25.7 Å². The van der Waals surface area contributed by atoms with E-state index in [2.05, 4.69) is 10.4 Å². The number of aromatic nitrogens is 4. The highest BCUT2D eigenvalue weighted by Crippen LogP contribution is 2.30. The zero-order valence-corrected chi connectivity index (χ0v) is 16.2. The van der Waals surface area contributed by atoms with Gasteiger partial charge in [0.2, 0.25) is 0 Å². The lowest BCUT2D eigenvalue weighted by Gasteiger charge is -2.10. The number of nitrogens with one attached hydrogen (secondary N) is 1. The Balaban J connectivity index is 1.71. The van der Waals surface area contributed by atoms with E-state index >= 15 is 0 Å². The molecule has 0 fully saturated rings. The number of hydrogen-bond donors (Lipinski definition) is 1. The molecule has 0 saturated heterocycles. The van der Waals surface area contributed by atoms with Gasteiger partial charge in [0, 0.05) is 23.9 Å². The molecule has 7 nitrogen and oxygen atoms in total. The zero-order chi connectivity index (χ0) is 20.2. The predicted molar refractivity (Wildman–Crippen MR) is 111 cm³/mol. The third-order valence-electron chi connectivity index (χ3n) is 4.53. The highest BCUT2D eigenvalue weighted by molar-refractivity contribution is 5.88. The van der Waals surface area contributed by atoms with Gasteiger partial charge in [-0.25, -0.2) is 9.48 Å². The summed E-state index contributed by atoms with van der Waals surface area (Å²) in [6, 6.07) is 18.6. The molecule has 2 aromatic heterocycles. The first-order chi connectivity index (χ1) is 14.2. The van der Waals surface area contributed by atoms with Crippen molar-refractivity contribution in [3.05, 3.63) is 78.6 Å². The fourth-order valence-electron chi connectivity index (χ4n) is 3.05. The molecule has 0 aliphatic rings. The number of benzene rings is 2. The number of carbonyl (C=O) groups excluding carboxylic acids is 1. The maximum atomic E-state index is 12.5. The summed E-state index contributed by atoms with van der Waals surface area (Å²) in [6.07, 6.45) is 3.14. The molecule has 0 aliphatic carbocycles. The van der Waals surface area contributed by atoms with Crippen molar-refractivity contribution in [1.29, 1.82) is 0 Å². The minimum Gasteiger partial charge on any atom is -0.410 e. The molecular formula is C22H21N5O2. The lowest BCUT2D eigenvalue weighted by Crippen LogP contribution is -2.19. The summed E-state index contributed by atoms with van der Waals surface area (Å²) < 4.78 is 8.94. The monoisotopic (exact) mass is 387 g/mol. The molecule has 0 spiro atoms. The Morgan fingerprint density at radius 1 is 1.07 bits per heavy atom. The second-order valence-corrected chi connectivity index (χ2v) is 6.48. The first-order valence-electron chi connectivity index (χ1n) is 9.37. The van der Waals surface area contributed by atoms with Crippen LogP contribution in [0, 0.1) is 6.92 Å². The van der Waals surface area contributed by atoms with E-state index in [1.165, 1.54) is 0 Å². The van der Waals surface area contributed by atoms with E-state index in [1.54, 1.807) is 23.0 Å². The summed E-state index contributed by atoms with van der Waals surface area (Å²) in [7, 11) is 0. The SMILES string of the molecule is CCn1cc(-c2nn(-c3ccccc3)c(NC(=O)Oc3ccccc3)c2C)cn1. The van der Waals surface area contributed by atoms with Gasteiger partial charge in [0.25, 0.3) is 0 Å². The van der Waals surface area contributed by atoms with Crippen LogP contribution in [0.5, 0.6) is 5.75 Å². The molecule has 29 heavy (non-hydrogen) atoms. The van der Waals surface area contributed by atoms with E-state index in [0.29, 0.717) is 11.6 Å². The van der Waals surface area contributed by atoms with E-state index in [-0.39, 0.29) is 0 Å². The first kappa shape index (κ1) is 18.5. The number of anilines is 1. The summed E-state index contributed by atoms with van der Waals surface area (Å²) in [5.74, 6) is 1.02. The quantitative estimate of drug-likeness (QED) is 0.540. The van der Waals surface area contributed by atoms with Crippen LogP contribution >= 0.6 is 0 Å². The normalized spacial score (nSPS) is 10.7. The maximum absolute atomic E-state index is 12.5. The fraction of sp³-hybridized carbons (Fsp3) is 0.136. The standard InChI is InChI=1S/C22H21N5O2/c1-3-26-15-17(14-23-26)20-16(2)21(27(25-20)18-10-6-4-7-11-18)24-22(28)29-19-12-8-5-9-13-19/h4-15H,3H2,1-2H3,(H,24,28). The van der Waals surface area contributed by atoms with E-state index in [4.69, 9.17) is 9.84 Å². The van der Waals surface area contributed by atoms with Crippen molar-refractivity contribution in [2.45, 2.75) is 20.4 Å². The second-order valence-electron chi connectivity index (χ2n) is 6.48. The second kappa shape index (κ2) is 8.02. The molecule has 2 aromatic carbocycles. The minimum absolute atomic E-state index is 0.470. The Labute approximate surface area is 168 Å². The predicted octanol–water partition coefficient (Wildman–Crippen LogP) is 4.68. The van der Waals surface area contributed by atoms with Crippen molar-refractivity contribution in [3.63, 3.8) is 0 Å². The number of carbonyl (C=O) groups is 1. The van der Waals surface area contributed by atoms with Gasteiger partial charge in [0.1, 0.15) is 17.3 Å². The van der Waals surface area contributed by atoms with Gasteiger partial charge >= 0.3 is 6.09 Å². The fourth-order valence-corrected chi connectivity index (χ4v) is 3.05. The molecule has 7 heteroatoms. The Kier molecular flexibility index (Phi) is 5.11. The van der Waals surface area contributed by atoms with Crippen molar-refractivity contribution in [1.82, 2.24) is 19.6 Å². The molecule has 146 valence electrons. The number of amides is 1. The highest BCUT2D eigenvalue weighted by atomic mass is 16.6. The number of hydrogen-bond acceptors (Lipinski definition) is 4. The molecule has 1 amide bonds. The Bertz CT molecular complexity index is 1120. The smallest absolute Gasteiger partial charge is 0.410 e. The average molecular weight is 387 g/mol. The number of nitrogens with zero attached hydrogens (tertiary/aromatic N) is 4. The first-order valence-corrected chi connectivity index (χ1v) is 9.37. The molecule has 0 aliphatic heterocycles. The molecule has 0 unspecified atom stereocenters. The summed E-state index contributed by atoms with van der Waals surface area (Å²) >= 11 is 0.